The van der Waals surface area contributed by atoms with Crippen LogP contribution in [0.25, 0.3) is 0 Å². The molecule has 0 spiro atoms. The van der Waals surface area contributed by atoms with Crippen LogP contribution in [0.1, 0.15) is 22.1 Å². The summed E-state index contributed by atoms with van der Waals surface area (Å²) in [5, 5.41) is -0.271. The second-order valence-electron chi connectivity index (χ2n) is 4.48. The Bertz CT molecular complexity index is 568. The van der Waals surface area contributed by atoms with E-state index in [1.165, 1.54) is 12.1 Å². The van der Waals surface area contributed by atoms with Crippen molar-refractivity contribution >= 4 is 11.6 Å². The maximum Gasteiger partial charge on any atom is 0.123 e. The van der Waals surface area contributed by atoms with Gasteiger partial charge >= 0.3 is 0 Å². The first-order valence-electron chi connectivity index (χ1n) is 6.14. The predicted octanol–water partition coefficient (Wildman–Crippen LogP) is 4.67. The summed E-state index contributed by atoms with van der Waals surface area (Å²) in [6.07, 6.45) is 0.607. The third-order valence-electron chi connectivity index (χ3n) is 3.17. The van der Waals surface area contributed by atoms with Crippen molar-refractivity contribution in [1.29, 1.82) is 0 Å². The van der Waals surface area contributed by atoms with E-state index in [-0.39, 0.29) is 11.2 Å². The Hall–Kier alpha value is -1.54. The van der Waals surface area contributed by atoms with Gasteiger partial charge < -0.3 is 4.74 Å². The summed E-state index contributed by atoms with van der Waals surface area (Å²) in [4.78, 5) is 0. The molecule has 0 aromatic heterocycles. The summed E-state index contributed by atoms with van der Waals surface area (Å²) in [6.45, 7) is 1.94. The van der Waals surface area contributed by atoms with E-state index in [0.717, 1.165) is 22.4 Å². The molecule has 0 bridgehead atoms. The highest BCUT2D eigenvalue weighted by Gasteiger charge is 2.14. The van der Waals surface area contributed by atoms with Crippen molar-refractivity contribution < 1.29 is 9.13 Å². The van der Waals surface area contributed by atoms with E-state index in [2.05, 4.69) is 0 Å². The van der Waals surface area contributed by atoms with Gasteiger partial charge in [-0.2, -0.15) is 0 Å². The number of methoxy groups -OCH3 is 1. The van der Waals surface area contributed by atoms with E-state index in [0.29, 0.717) is 6.42 Å². The molecular formula is C16H16ClFO. The summed E-state index contributed by atoms with van der Waals surface area (Å²) in [7, 11) is 1.63. The highest BCUT2D eigenvalue weighted by Crippen LogP contribution is 2.31. The van der Waals surface area contributed by atoms with Gasteiger partial charge in [-0.15, -0.1) is 11.6 Å². The lowest BCUT2D eigenvalue weighted by Crippen LogP contribution is -2.01. The molecule has 0 saturated heterocycles. The molecule has 1 nitrogen and oxygen atoms in total. The van der Waals surface area contributed by atoms with Crippen LogP contribution in [0.5, 0.6) is 5.75 Å². The molecule has 0 aliphatic carbocycles. The van der Waals surface area contributed by atoms with Gasteiger partial charge in [0.1, 0.15) is 11.6 Å². The molecule has 0 aliphatic rings. The molecule has 0 aliphatic heterocycles. The largest absolute Gasteiger partial charge is 0.496 e. The predicted molar refractivity (Wildman–Crippen MR) is 76.4 cm³/mol. The van der Waals surface area contributed by atoms with Gasteiger partial charge in [0.2, 0.25) is 0 Å². The number of rotatable bonds is 4. The first-order valence-corrected chi connectivity index (χ1v) is 6.57. The monoisotopic (exact) mass is 278 g/mol. The van der Waals surface area contributed by atoms with E-state index in [4.69, 9.17) is 16.3 Å². The Morgan fingerprint density at radius 1 is 1.21 bits per heavy atom. The minimum Gasteiger partial charge on any atom is -0.496 e. The van der Waals surface area contributed by atoms with Crippen LogP contribution in [0.3, 0.4) is 0 Å². The Labute approximate surface area is 118 Å². The summed E-state index contributed by atoms with van der Waals surface area (Å²) in [5.74, 6) is 0.550. The van der Waals surface area contributed by atoms with Crippen LogP contribution in [0.15, 0.2) is 42.5 Å². The van der Waals surface area contributed by atoms with Gasteiger partial charge in [0.15, 0.2) is 0 Å². The lowest BCUT2D eigenvalue weighted by atomic mass is 9.99. The fourth-order valence-electron chi connectivity index (χ4n) is 2.12. The second kappa shape index (κ2) is 6.07. The molecule has 0 saturated carbocycles. The average molecular weight is 279 g/mol. The molecule has 0 radical (unpaired) electrons. The van der Waals surface area contributed by atoms with Crippen LogP contribution in [-0.4, -0.2) is 7.11 Å². The van der Waals surface area contributed by atoms with Crippen molar-refractivity contribution in [1.82, 2.24) is 0 Å². The van der Waals surface area contributed by atoms with Crippen LogP contribution < -0.4 is 4.74 Å². The third kappa shape index (κ3) is 3.27. The lowest BCUT2D eigenvalue weighted by Gasteiger charge is -2.15. The van der Waals surface area contributed by atoms with E-state index in [1.807, 2.05) is 31.2 Å². The molecule has 2 aromatic rings. The zero-order valence-corrected chi connectivity index (χ0v) is 11.7. The van der Waals surface area contributed by atoms with Crippen molar-refractivity contribution in [3.63, 3.8) is 0 Å². The van der Waals surface area contributed by atoms with Gasteiger partial charge in [0.25, 0.3) is 0 Å². The number of halogens is 2. The fourth-order valence-corrected chi connectivity index (χ4v) is 2.52. The zero-order valence-electron chi connectivity index (χ0n) is 11.0. The van der Waals surface area contributed by atoms with E-state index in [1.54, 1.807) is 13.2 Å². The van der Waals surface area contributed by atoms with Crippen LogP contribution in [0.4, 0.5) is 4.39 Å². The molecule has 1 unspecified atom stereocenters. The molecular weight excluding hydrogens is 263 g/mol. The maximum absolute atomic E-state index is 13.3. The molecule has 0 amide bonds. The first-order chi connectivity index (χ1) is 9.11. The van der Waals surface area contributed by atoms with Crippen LogP contribution in [-0.2, 0) is 6.42 Å². The van der Waals surface area contributed by atoms with E-state index >= 15 is 0 Å². The number of ether oxygens (including phenoxy) is 1. The molecule has 100 valence electrons. The summed E-state index contributed by atoms with van der Waals surface area (Å²) < 4.78 is 18.6. The van der Waals surface area contributed by atoms with E-state index in [9.17, 15) is 4.39 Å². The third-order valence-corrected chi connectivity index (χ3v) is 3.56. The number of para-hydroxylation sites is 1. The number of hydrogen-bond acceptors (Lipinski definition) is 1. The van der Waals surface area contributed by atoms with Crippen molar-refractivity contribution in [3.8, 4) is 5.75 Å². The molecule has 0 N–H and O–H groups in total. The van der Waals surface area contributed by atoms with Crippen molar-refractivity contribution in [2.45, 2.75) is 18.7 Å². The van der Waals surface area contributed by atoms with Crippen LogP contribution in [0.2, 0.25) is 0 Å². The van der Waals surface area contributed by atoms with Gasteiger partial charge in [-0.1, -0.05) is 24.3 Å². The fraction of sp³-hybridized carbons (Fsp3) is 0.250. The van der Waals surface area contributed by atoms with Gasteiger partial charge in [-0.05, 0) is 48.2 Å². The number of hydrogen-bond donors (Lipinski definition) is 0. The lowest BCUT2D eigenvalue weighted by molar-refractivity contribution is 0.409. The summed E-state index contributed by atoms with van der Waals surface area (Å²) in [6, 6.07) is 12.4. The quantitative estimate of drug-likeness (QED) is 0.739. The molecule has 19 heavy (non-hydrogen) atoms. The SMILES string of the molecule is COc1ccccc1CC(Cl)c1cc(F)ccc1C. The Morgan fingerprint density at radius 3 is 2.68 bits per heavy atom. The van der Waals surface area contributed by atoms with Crippen molar-refractivity contribution in [3.05, 3.63) is 65.0 Å². The minimum atomic E-state index is -0.271. The summed E-state index contributed by atoms with van der Waals surface area (Å²) >= 11 is 6.42. The number of alkyl halides is 1. The normalized spacial score (nSPS) is 12.2. The number of benzene rings is 2. The molecule has 2 aromatic carbocycles. The highest BCUT2D eigenvalue weighted by molar-refractivity contribution is 6.21. The minimum absolute atomic E-state index is 0.258. The number of aryl methyl sites for hydroxylation is 1. The van der Waals surface area contributed by atoms with Gasteiger partial charge in [0.05, 0.1) is 12.5 Å². The average Bonchev–Trinajstić information content (AvgIpc) is 2.42. The van der Waals surface area contributed by atoms with Gasteiger partial charge in [-0.3, -0.25) is 0 Å². The molecule has 0 fully saturated rings. The summed E-state index contributed by atoms with van der Waals surface area (Å²) in [5.41, 5.74) is 2.84. The first kappa shape index (κ1) is 13.9. The van der Waals surface area contributed by atoms with Crippen molar-refractivity contribution in [2.24, 2.45) is 0 Å². The Morgan fingerprint density at radius 2 is 1.95 bits per heavy atom. The standard InChI is InChI=1S/C16H16ClFO/c1-11-7-8-13(18)10-14(11)15(17)9-12-5-3-4-6-16(12)19-2/h3-8,10,15H,9H2,1-2H3. The zero-order chi connectivity index (χ0) is 13.8. The van der Waals surface area contributed by atoms with Gasteiger partial charge in [0, 0.05) is 0 Å². The van der Waals surface area contributed by atoms with Crippen LogP contribution >= 0.6 is 11.6 Å². The Balaban J connectivity index is 2.25. The molecule has 1 atom stereocenters. The Kier molecular flexibility index (Phi) is 4.43. The van der Waals surface area contributed by atoms with Gasteiger partial charge in [-0.25, -0.2) is 4.39 Å². The second-order valence-corrected chi connectivity index (χ2v) is 5.01. The van der Waals surface area contributed by atoms with Crippen molar-refractivity contribution in [2.75, 3.05) is 7.11 Å². The molecule has 3 heteroatoms. The molecule has 0 heterocycles. The van der Waals surface area contributed by atoms with Crippen LogP contribution in [0, 0.1) is 12.7 Å². The molecule has 2 rings (SSSR count). The van der Waals surface area contributed by atoms with E-state index < -0.39 is 0 Å². The highest BCUT2D eigenvalue weighted by atomic mass is 35.5. The topological polar surface area (TPSA) is 9.23 Å². The smallest absolute Gasteiger partial charge is 0.123 e. The maximum atomic E-state index is 13.3.